The van der Waals surface area contributed by atoms with E-state index in [1.54, 1.807) is 26.8 Å². The fourth-order valence-corrected chi connectivity index (χ4v) is 2.23. The van der Waals surface area contributed by atoms with Crippen LogP contribution in [0.25, 0.3) is 0 Å². The van der Waals surface area contributed by atoms with Gasteiger partial charge in [0.2, 0.25) is 0 Å². The predicted octanol–water partition coefficient (Wildman–Crippen LogP) is 2.98. The van der Waals surface area contributed by atoms with Gasteiger partial charge in [-0.25, -0.2) is 9.59 Å². The number of aromatic carboxylic acids is 1. The van der Waals surface area contributed by atoms with Crippen molar-refractivity contribution >= 4 is 34.0 Å². The van der Waals surface area contributed by atoms with E-state index in [-0.39, 0.29) is 24.3 Å². The van der Waals surface area contributed by atoms with Crippen LogP contribution in [0.2, 0.25) is 0 Å². The highest BCUT2D eigenvalue weighted by Gasteiger charge is 2.23. The molecule has 0 spiro atoms. The summed E-state index contributed by atoms with van der Waals surface area (Å²) in [7, 11) is 1.23. The molecule has 0 saturated heterocycles. The third-order valence-electron chi connectivity index (χ3n) is 2.98. The van der Waals surface area contributed by atoms with E-state index >= 15 is 0 Å². The molecule has 0 aromatic heterocycles. The van der Waals surface area contributed by atoms with Crippen LogP contribution in [0.1, 0.15) is 37.6 Å². The second kappa shape index (κ2) is 9.42. The van der Waals surface area contributed by atoms with Crippen LogP contribution in [0.15, 0.2) is 22.7 Å². The fraction of sp³-hybridized carbons (Fsp3) is 0.471. The van der Waals surface area contributed by atoms with Gasteiger partial charge in [-0.15, -0.1) is 0 Å². The van der Waals surface area contributed by atoms with E-state index in [9.17, 15) is 19.5 Å². The fourth-order valence-electron chi connectivity index (χ4n) is 1.89. The Hall–Kier alpha value is -2.29. The van der Waals surface area contributed by atoms with Crippen molar-refractivity contribution in [3.63, 3.8) is 0 Å². The number of carboxylic acids is 1. The quantitative estimate of drug-likeness (QED) is 0.638. The Morgan fingerprint density at radius 3 is 2.46 bits per heavy atom. The van der Waals surface area contributed by atoms with Crippen LogP contribution in [0, 0.1) is 0 Å². The largest absolute Gasteiger partial charge is 0.490 e. The third kappa shape index (κ3) is 7.73. The molecule has 0 fully saturated rings. The number of carbonyl (C=O) groups excluding carboxylic acids is 2. The molecule has 0 aliphatic rings. The summed E-state index contributed by atoms with van der Waals surface area (Å²) >= 11 is 3.24. The van der Waals surface area contributed by atoms with Gasteiger partial charge in [-0.1, -0.05) is 15.9 Å². The zero-order valence-corrected chi connectivity index (χ0v) is 16.6. The number of methoxy groups -OCH3 is 1. The summed E-state index contributed by atoms with van der Waals surface area (Å²) in [5.74, 6) is -1.60. The lowest BCUT2D eigenvalue weighted by Crippen LogP contribution is -2.43. The average Bonchev–Trinajstić information content (AvgIpc) is 2.50. The molecular weight excluding hydrogens is 410 g/mol. The summed E-state index contributed by atoms with van der Waals surface area (Å²) in [5.41, 5.74) is -0.746. The molecule has 0 aliphatic carbocycles. The number of hydrogen-bond acceptors (Lipinski definition) is 6. The minimum absolute atomic E-state index is 0.0395. The van der Waals surface area contributed by atoms with E-state index in [0.29, 0.717) is 4.47 Å². The Labute approximate surface area is 159 Å². The standard InChI is InChI=1S/C17H22BrNO7/c1-17(2,3)26-16(23)19-11(8-14(20)24-4)9-25-13-7-10(18)5-6-12(13)15(21)22/h5-7,11H,8-9H2,1-4H3,(H,19,23)(H,21,22)/t11-/m0/s1. The Bertz CT molecular complexity index is 670. The number of benzene rings is 1. The first-order chi connectivity index (χ1) is 12.0. The SMILES string of the molecule is COC(=O)C[C@@H](COc1cc(Br)ccc1C(=O)O)NC(=O)OC(C)(C)C. The minimum Gasteiger partial charge on any atom is -0.490 e. The number of carbonyl (C=O) groups is 3. The van der Waals surface area contributed by atoms with Gasteiger partial charge in [0.15, 0.2) is 0 Å². The summed E-state index contributed by atoms with van der Waals surface area (Å²) in [4.78, 5) is 34.8. The van der Waals surface area contributed by atoms with Gasteiger partial charge in [0.25, 0.3) is 0 Å². The molecule has 2 N–H and O–H groups in total. The average molecular weight is 432 g/mol. The summed E-state index contributed by atoms with van der Waals surface area (Å²) in [6.07, 6.45) is -0.880. The number of alkyl carbamates (subject to hydrolysis) is 1. The van der Waals surface area contributed by atoms with Crippen molar-refractivity contribution in [3.05, 3.63) is 28.2 Å². The first-order valence-corrected chi connectivity index (χ1v) is 8.53. The first-order valence-electron chi connectivity index (χ1n) is 7.74. The second-order valence-corrected chi connectivity index (χ2v) is 7.30. The van der Waals surface area contributed by atoms with Gasteiger partial charge >= 0.3 is 18.0 Å². The van der Waals surface area contributed by atoms with Crippen molar-refractivity contribution in [1.82, 2.24) is 5.32 Å². The highest BCUT2D eigenvalue weighted by Crippen LogP contribution is 2.24. The van der Waals surface area contributed by atoms with Gasteiger partial charge < -0.3 is 24.6 Å². The highest BCUT2D eigenvalue weighted by molar-refractivity contribution is 9.10. The van der Waals surface area contributed by atoms with Crippen molar-refractivity contribution in [2.45, 2.75) is 38.8 Å². The summed E-state index contributed by atoms with van der Waals surface area (Å²) in [5, 5.41) is 11.7. The first kappa shape index (κ1) is 21.8. The number of nitrogens with one attached hydrogen (secondary N) is 1. The van der Waals surface area contributed by atoms with Crippen LogP contribution < -0.4 is 10.1 Å². The number of ether oxygens (including phenoxy) is 3. The smallest absolute Gasteiger partial charge is 0.408 e. The Morgan fingerprint density at radius 1 is 1.27 bits per heavy atom. The van der Waals surface area contributed by atoms with Crippen LogP contribution in [-0.2, 0) is 14.3 Å². The Kier molecular flexibility index (Phi) is 7.88. The molecule has 1 aromatic rings. The van der Waals surface area contributed by atoms with Crippen LogP contribution >= 0.6 is 15.9 Å². The zero-order valence-electron chi connectivity index (χ0n) is 15.0. The van der Waals surface area contributed by atoms with Gasteiger partial charge in [-0.05, 0) is 39.0 Å². The maximum absolute atomic E-state index is 11.9. The molecule has 26 heavy (non-hydrogen) atoms. The van der Waals surface area contributed by atoms with Crippen LogP contribution in [0.5, 0.6) is 5.75 Å². The molecule has 8 nitrogen and oxygen atoms in total. The second-order valence-electron chi connectivity index (χ2n) is 6.38. The number of halogens is 1. The molecule has 0 bridgehead atoms. The van der Waals surface area contributed by atoms with Crippen LogP contribution in [0.3, 0.4) is 0 Å². The summed E-state index contributed by atoms with van der Waals surface area (Å²) < 4.78 is 15.9. The van der Waals surface area contributed by atoms with Crippen molar-refractivity contribution < 1.29 is 33.7 Å². The van der Waals surface area contributed by atoms with Gasteiger partial charge in [0.1, 0.15) is 23.5 Å². The normalized spacial score (nSPS) is 12.0. The van der Waals surface area contributed by atoms with Crippen LogP contribution in [0.4, 0.5) is 4.79 Å². The van der Waals surface area contributed by atoms with Gasteiger partial charge in [-0.2, -0.15) is 0 Å². The van der Waals surface area contributed by atoms with E-state index in [4.69, 9.17) is 9.47 Å². The van der Waals surface area contributed by atoms with E-state index in [2.05, 4.69) is 26.0 Å². The maximum atomic E-state index is 11.9. The summed E-state index contributed by atoms with van der Waals surface area (Å²) in [6, 6.07) is 3.68. The van der Waals surface area contributed by atoms with E-state index in [1.165, 1.54) is 19.2 Å². The van der Waals surface area contributed by atoms with Gasteiger partial charge in [-0.3, -0.25) is 4.79 Å². The van der Waals surface area contributed by atoms with E-state index < -0.39 is 29.7 Å². The molecule has 1 aromatic carbocycles. The minimum atomic E-state index is -1.16. The molecule has 1 atom stereocenters. The molecular formula is C17H22BrNO7. The third-order valence-corrected chi connectivity index (χ3v) is 3.47. The number of hydrogen-bond donors (Lipinski definition) is 2. The number of amides is 1. The molecule has 0 unspecified atom stereocenters. The molecule has 144 valence electrons. The van der Waals surface area contributed by atoms with E-state index in [0.717, 1.165) is 0 Å². The lowest BCUT2D eigenvalue weighted by atomic mass is 10.2. The van der Waals surface area contributed by atoms with Crippen molar-refractivity contribution in [1.29, 1.82) is 0 Å². The van der Waals surface area contributed by atoms with Crippen molar-refractivity contribution in [3.8, 4) is 5.75 Å². The van der Waals surface area contributed by atoms with Crippen LogP contribution in [-0.4, -0.2) is 48.5 Å². The molecule has 1 rings (SSSR count). The topological polar surface area (TPSA) is 111 Å². The molecule has 0 heterocycles. The monoisotopic (exact) mass is 431 g/mol. The molecule has 0 aliphatic heterocycles. The predicted molar refractivity (Wildman–Crippen MR) is 96.4 cm³/mol. The number of esters is 1. The lowest BCUT2D eigenvalue weighted by Gasteiger charge is -2.23. The Balaban J connectivity index is 2.86. The van der Waals surface area contributed by atoms with Crippen molar-refractivity contribution in [2.75, 3.05) is 13.7 Å². The maximum Gasteiger partial charge on any atom is 0.408 e. The molecule has 0 saturated carbocycles. The highest BCUT2D eigenvalue weighted by atomic mass is 79.9. The molecule has 1 amide bonds. The summed E-state index contributed by atoms with van der Waals surface area (Å²) in [6.45, 7) is 4.97. The lowest BCUT2D eigenvalue weighted by molar-refractivity contribution is -0.141. The molecule has 0 radical (unpaired) electrons. The molecule has 9 heteroatoms. The van der Waals surface area contributed by atoms with E-state index in [1.807, 2.05) is 0 Å². The van der Waals surface area contributed by atoms with Gasteiger partial charge in [0.05, 0.1) is 19.6 Å². The van der Waals surface area contributed by atoms with Gasteiger partial charge in [0, 0.05) is 4.47 Å². The Morgan fingerprint density at radius 2 is 1.92 bits per heavy atom. The number of carboxylic acid groups (broad SMARTS) is 1. The zero-order chi connectivity index (χ0) is 19.9. The number of rotatable bonds is 7. The van der Waals surface area contributed by atoms with Crippen molar-refractivity contribution in [2.24, 2.45) is 0 Å².